The average molecular weight is 266 g/mol. The number of carbonyl (C=O) groups excluding carboxylic acids is 3. The molecule has 0 amide bonds. The topological polar surface area (TPSA) is 60.4 Å². The summed E-state index contributed by atoms with van der Waals surface area (Å²) in [5.41, 5.74) is -0.292. The Balaban J connectivity index is 1.91. The second-order valence-electron chi connectivity index (χ2n) is 6.52. The van der Waals surface area contributed by atoms with Crippen molar-refractivity contribution in [1.29, 1.82) is 0 Å². The fraction of sp³-hybridized carbons (Fsp3) is 0.800. The van der Waals surface area contributed by atoms with Gasteiger partial charge in [-0.25, -0.2) is 0 Å². The molecule has 4 nitrogen and oxygen atoms in total. The van der Waals surface area contributed by atoms with E-state index in [1.54, 1.807) is 0 Å². The van der Waals surface area contributed by atoms with Crippen molar-refractivity contribution in [3.63, 3.8) is 0 Å². The Kier molecular flexibility index (Phi) is 4.19. The van der Waals surface area contributed by atoms with E-state index in [1.807, 2.05) is 13.8 Å². The Hall–Kier alpha value is -1.03. The molecule has 4 heteroatoms. The van der Waals surface area contributed by atoms with Crippen molar-refractivity contribution in [2.24, 2.45) is 11.3 Å². The first-order valence-electron chi connectivity index (χ1n) is 7.09. The van der Waals surface area contributed by atoms with Gasteiger partial charge in [0.2, 0.25) is 0 Å². The van der Waals surface area contributed by atoms with Gasteiger partial charge in [-0.05, 0) is 24.7 Å². The largest absolute Gasteiger partial charge is 0.378 e. The Morgan fingerprint density at radius 2 is 1.89 bits per heavy atom. The van der Waals surface area contributed by atoms with Crippen LogP contribution in [0.3, 0.4) is 0 Å². The van der Waals surface area contributed by atoms with Crippen LogP contribution in [0.25, 0.3) is 0 Å². The fourth-order valence-corrected chi connectivity index (χ4v) is 3.07. The van der Waals surface area contributed by atoms with Crippen LogP contribution >= 0.6 is 0 Å². The molecule has 0 aromatic carbocycles. The van der Waals surface area contributed by atoms with E-state index in [1.165, 1.54) is 0 Å². The minimum atomic E-state index is -0.991. The molecule has 0 aromatic heterocycles. The molecule has 1 atom stereocenters. The number of hydrogen-bond acceptors (Lipinski definition) is 4. The molecule has 2 rings (SSSR count). The zero-order chi connectivity index (χ0) is 14.0. The number of ether oxygens (including phenoxy) is 1. The van der Waals surface area contributed by atoms with Crippen LogP contribution in [0.2, 0.25) is 0 Å². The van der Waals surface area contributed by atoms with Crippen molar-refractivity contribution >= 4 is 17.3 Å². The summed E-state index contributed by atoms with van der Waals surface area (Å²) in [5, 5.41) is 0. The van der Waals surface area contributed by atoms with Gasteiger partial charge in [0.25, 0.3) is 0 Å². The normalized spacial score (nSPS) is 27.8. The van der Waals surface area contributed by atoms with E-state index in [4.69, 9.17) is 4.74 Å². The van der Waals surface area contributed by atoms with Crippen LogP contribution in [0, 0.1) is 11.3 Å². The van der Waals surface area contributed by atoms with E-state index >= 15 is 0 Å². The first kappa shape index (κ1) is 14.4. The quantitative estimate of drug-likeness (QED) is 0.731. The maximum Gasteiger partial charge on any atom is 0.151 e. The number of carbonyl (C=O) groups is 3. The summed E-state index contributed by atoms with van der Waals surface area (Å²) in [6, 6.07) is 0. The van der Waals surface area contributed by atoms with Crippen molar-refractivity contribution in [3.8, 4) is 0 Å². The maximum atomic E-state index is 12.1. The summed E-state index contributed by atoms with van der Waals surface area (Å²) in [5.74, 6) is -1.59. The van der Waals surface area contributed by atoms with Gasteiger partial charge < -0.3 is 4.74 Å². The fourth-order valence-electron chi connectivity index (χ4n) is 3.07. The van der Waals surface area contributed by atoms with Crippen molar-refractivity contribution in [2.75, 3.05) is 6.61 Å². The summed E-state index contributed by atoms with van der Waals surface area (Å²) in [6.07, 6.45) is 3.73. The Labute approximate surface area is 113 Å². The molecule has 1 aliphatic carbocycles. The lowest BCUT2D eigenvalue weighted by molar-refractivity contribution is -0.145. The molecule has 2 fully saturated rings. The predicted octanol–water partition coefficient (Wildman–Crippen LogP) is 2.09. The first-order chi connectivity index (χ1) is 8.89. The van der Waals surface area contributed by atoms with Gasteiger partial charge in [-0.1, -0.05) is 13.8 Å². The maximum absolute atomic E-state index is 12.1. The van der Waals surface area contributed by atoms with E-state index in [2.05, 4.69) is 0 Å². The third kappa shape index (κ3) is 3.50. The number of rotatable bonds is 4. The van der Waals surface area contributed by atoms with Crippen LogP contribution < -0.4 is 0 Å². The molecule has 1 saturated heterocycles. The Bertz CT molecular complexity index is 371. The highest BCUT2D eigenvalue weighted by atomic mass is 16.5. The third-order valence-corrected chi connectivity index (χ3v) is 4.01. The SMILES string of the molecule is CC1(C)CC(=O)C(C(=O)CC[C@@H]2CCCO2)C(=O)C1. The second-order valence-corrected chi connectivity index (χ2v) is 6.52. The second kappa shape index (κ2) is 5.53. The first-order valence-corrected chi connectivity index (χ1v) is 7.09. The van der Waals surface area contributed by atoms with Crippen LogP contribution in [0.5, 0.6) is 0 Å². The monoisotopic (exact) mass is 266 g/mol. The molecule has 0 aromatic rings. The van der Waals surface area contributed by atoms with Crippen molar-refractivity contribution < 1.29 is 19.1 Å². The summed E-state index contributed by atoms with van der Waals surface area (Å²) in [6.45, 7) is 4.56. The molecular weight excluding hydrogens is 244 g/mol. The smallest absolute Gasteiger partial charge is 0.151 e. The molecule has 106 valence electrons. The summed E-state index contributed by atoms with van der Waals surface area (Å²) >= 11 is 0. The van der Waals surface area contributed by atoms with Gasteiger partial charge in [0.15, 0.2) is 17.3 Å². The van der Waals surface area contributed by atoms with Gasteiger partial charge in [0.1, 0.15) is 5.92 Å². The summed E-state index contributed by atoms with van der Waals surface area (Å²) in [7, 11) is 0. The molecule has 0 bridgehead atoms. The van der Waals surface area contributed by atoms with Crippen molar-refractivity contribution in [3.05, 3.63) is 0 Å². The van der Waals surface area contributed by atoms with E-state index in [9.17, 15) is 14.4 Å². The zero-order valence-electron chi connectivity index (χ0n) is 11.7. The molecular formula is C15H22O4. The summed E-state index contributed by atoms with van der Waals surface area (Å²) < 4.78 is 5.46. The van der Waals surface area contributed by atoms with Gasteiger partial charge in [-0.15, -0.1) is 0 Å². The lowest BCUT2D eigenvalue weighted by atomic mass is 9.70. The standard InChI is InChI=1S/C15H22O4/c1-15(2)8-12(17)14(13(18)9-15)11(16)6-5-10-4-3-7-19-10/h10,14H,3-9H2,1-2H3/t10-/m0/s1. The minimum Gasteiger partial charge on any atom is -0.378 e. The molecule has 19 heavy (non-hydrogen) atoms. The van der Waals surface area contributed by atoms with Crippen LogP contribution in [-0.4, -0.2) is 30.1 Å². The van der Waals surface area contributed by atoms with Crippen molar-refractivity contribution in [1.82, 2.24) is 0 Å². The van der Waals surface area contributed by atoms with E-state index < -0.39 is 5.92 Å². The molecule has 2 aliphatic rings. The highest BCUT2D eigenvalue weighted by Gasteiger charge is 2.42. The van der Waals surface area contributed by atoms with Gasteiger partial charge in [-0.3, -0.25) is 14.4 Å². The van der Waals surface area contributed by atoms with Crippen molar-refractivity contribution in [2.45, 2.75) is 58.5 Å². The number of hydrogen-bond donors (Lipinski definition) is 0. The van der Waals surface area contributed by atoms with Gasteiger partial charge in [0.05, 0.1) is 6.10 Å². The van der Waals surface area contributed by atoms with Crippen LogP contribution in [0.15, 0.2) is 0 Å². The number of Topliss-reactive ketones (excluding diaryl/α,β-unsaturated/α-hetero) is 3. The van der Waals surface area contributed by atoms with Gasteiger partial charge in [0, 0.05) is 25.9 Å². The average Bonchev–Trinajstić information content (AvgIpc) is 2.76. The lowest BCUT2D eigenvalue weighted by Crippen LogP contribution is -2.41. The highest BCUT2D eigenvalue weighted by molar-refractivity contribution is 6.20. The van der Waals surface area contributed by atoms with E-state index in [-0.39, 0.29) is 35.3 Å². The van der Waals surface area contributed by atoms with E-state index in [0.717, 1.165) is 19.4 Å². The van der Waals surface area contributed by atoms with Crippen LogP contribution in [-0.2, 0) is 19.1 Å². The minimum absolute atomic E-state index is 0.134. The molecule has 0 unspecified atom stereocenters. The van der Waals surface area contributed by atoms with Crippen LogP contribution in [0.1, 0.15) is 52.4 Å². The van der Waals surface area contributed by atoms with Gasteiger partial charge >= 0.3 is 0 Å². The van der Waals surface area contributed by atoms with Crippen LogP contribution in [0.4, 0.5) is 0 Å². The molecule has 0 radical (unpaired) electrons. The Morgan fingerprint density at radius 3 is 2.42 bits per heavy atom. The molecule has 1 heterocycles. The highest BCUT2D eigenvalue weighted by Crippen LogP contribution is 2.34. The zero-order valence-corrected chi connectivity index (χ0v) is 11.7. The van der Waals surface area contributed by atoms with E-state index in [0.29, 0.717) is 19.3 Å². The van der Waals surface area contributed by atoms with Gasteiger partial charge in [-0.2, -0.15) is 0 Å². The lowest BCUT2D eigenvalue weighted by Gasteiger charge is -2.31. The molecule has 1 aliphatic heterocycles. The summed E-state index contributed by atoms with van der Waals surface area (Å²) in [4.78, 5) is 36.1. The number of ketones is 3. The third-order valence-electron chi connectivity index (χ3n) is 4.01. The molecule has 1 saturated carbocycles. The molecule has 0 spiro atoms. The predicted molar refractivity (Wildman–Crippen MR) is 69.7 cm³/mol. The Morgan fingerprint density at radius 1 is 1.26 bits per heavy atom. The molecule has 0 N–H and O–H groups in total.